The summed E-state index contributed by atoms with van der Waals surface area (Å²) >= 11 is 0. The van der Waals surface area contributed by atoms with Crippen LogP contribution in [0.5, 0.6) is 0 Å². The van der Waals surface area contributed by atoms with Gasteiger partial charge in [-0.05, 0) is 94.2 Å². The lowest BCUT2D eigenvalue weighted by Crippen LogP contribution is -2.11. The van der Waals surface area contributed by atoms with Gasteiger partial charge in [0.1, 0.15) is 0 Å². The fraction of sp³-hybridized carbons (Fsp3) is 0.0500. The Hall–Kier alpha value is -5.54. The smallest absolute Gasteiger partial charge is 0.197 e. The van der Waals surface area contributed by atoms with Crippen LogP contribution in [0.15, 0.2) is 145 Å². The zero-order valence-corrected chi connectivity index (χ0v) is 23.5. The SMILES string of the molecule is O=C1C(=CC2=Cc3ccc(N(c4ccccc4)c4cccc5ccccc45)cc3CC2)C(=O)c2cc3ccccc3cc21. The van der Waals surface area contributed by atoms with E-state index in [0.29, 0.717) is 11.1 Å². The third-order valence-electron chi connectivity index (χ3n) is 8.62. The van der Waals surface area contributed by atoms with Gasteiger partial charge in [-0.1, -0.05) is 91.0 Å². The number of carbonyl (C=O) groups excluding carboxylic acids is 2. The molecular formula is C40H27NO2. The summed E-state index contributed by atoms with van der Waals surface area (Å²) in [4.78, 5) is 29.0. The first kappa shape index (κ1) is 25.2. The molecule has 0 aromatic heterocycles. The van der Waals surface area contributed by atoms with Crippen LogP contribution >= 0.6 is 0 Å². The second kappa shape index (κ2) is 10.1. The lowest BCUT2D eigenvalue weighted by atomic mass is 9.90. The number of allylic oxidation sites excluding steroid dienone is 3. The highest BCUT2D eigenvalue weighted by Gasteiger charge is 2.33. The molecule has 2 aliphatic rings. The summed E-state index contributed by atoms with van der Waals surface area (Å²) in [7, 11) is 0. The minimum absolute atomic E-state index is 0.179. The highest BCUT2D eigenvalue weighted by molar-refractivity contribution is 6.40. The maximum Gasteiger partial charge on any atom is 0.197 e. The van der Waals surface area contributed by atoms with E-state index in [0.717, 1.165) is 51.8 Å². The fourth-order valence-corrected chi connectivity index (χ4v) is 6.49. The molecular weight excluding hydrogens is 526 g/mol. The molecule has 0 bridgehead atoms. The first-order valence-electron chi connectivity index (χ1n) is 14.6. The molecule has 0 amide bonds. The van der Waals surface area contributed by atoms with Gasteiger partial charge in [-0.25, -0.2) is 0 Å². The molecule has 2 aliphatic carbocycles. The van der Waals surface area contributed by atoms with E-state index in [4.69, 9.17) is 0 Å². The molecule has 0 spiro atoms. The normalized spacial score (nSPS) is 14.0. The van der Waals surface area contributed by atoms with E-state index < -0.39 is 0 Å². The highest BCUT2D eigenvalue weighted by atomic mass is 16.2. The first-order chi connectivity index (χ1) is 21.1. The van der Waals surface area contributed by atoms with Crippen LogP contribution in [0.3, 0.4) is 0 Å². The minimum atomic E-state index is -0.179. The second-order valence-corrected chi connectivity index (χ2v) is 11.2. The number of fused-ring (bicyclic) bond motifs is 4. The standard InChI is InChI=1S/C40H27NO2/c42-39-35-24-28-10-4-5-11-29(28)25-36(35)40(43)37(39)22-26-17-18-31-23-33(20-19-30(31)21-26)41(32-13-2-1-3-14-32)38-16-8-12-27-9-6-7-15-34(27)38/h1-16,19-25H,17-18H2. The number of ketones is 2. The van der Waals surface area contributed by atoms with Gasteiger partial charge in [-0.3, -0.25) is 9.59 Å². The summed E-state index contributed by atoms with van der Waals surface area (Å²) in [5.74, 6) is -0.359. The Bertz CT molecular complexity index is 2110. The first-order valence-corrected chi connectivity index (χ1v) is 14.6. The molecule has 43 heavy (non-hydrogen) atoms. The van der Waals surface area contributed by atoms with Crippen molar-refractivity contribution < 1.29 is 9.59 Å². The van der Waals surface area contributed by atoms with Crippen molar-refractivity contribution in [3.63, 3.8) is 0 Å². The topological polar surface area (TPSA) is 37.4 Å². The number of carbonyl (C=O) groups is 2. The second-order valence-electron chi connectivity index (χ2n) is 11.2. The van der Waals surface area contributed by atoms with Crippen LogP contribution in [-0.4, -0.2) is 11.6 Å². The van der Waals surface area contributed by atoms with E-state index in [1.165, 1.54) is 16.3 Å². The molecule has 0 aliphatic heterocycles. The Morgan fingerprint density at radius 1 is 0.558 bits per heavy atom. The molecule has 0 heterocycles. The maximum atomic E-state index is 13.3. The average molecular weight is 554 g/mol. The Labute approximate surface area is 250 Å². The molecule has 3 nitrogen and oxygen atoms in total. The number of rotatable bonds is 4. The molecule has 0 saturated heterocycles. The van der Waals surface area contributed by atoms with Gasteiger partial charge in [-0.2, -0.15) is 0 Å². The van der Waals surface area contributed by atoms with E-state index in [2.05, 4.69) is 95.9 Å². The van der Waals surface area contributed by atoms with Gasteiger partial charge in [0, 0.05) is 27.9 Å². The van der Waals surface area contributed by atoms with Crippen molar-refractivity contribution in [2.75, 3.05) is 4.90 Å². The predicted octanol–water partition coefficient (Wildman–Crippen LogP) is 9.80. The van der Waals surface area contributed by atoms with Crippen molar-refractivity contribution in [1.29, 1.82) is 0 Å². The van der Waals surface area contributed by atoms with Crippen molar-refractivity contribution in [2.24, 2.45) is 0 Å². The van der Waals surface area contributed by atoms with E-state index in [-0.39, 0.29) is 17.1 Å². The van der Waals surface area contributed by atoms with Crippen molar-refractivity contribution in [1.82, 2.24) is 0 Å². The number of nitrogens with zero attached hydrogens (tertiary/aromatic N) is 1. The minimum Gasteiger partial charge on any atom is -0.310 e. The van der Waals surface area contributed by atoms with Gasteiger partial charge in [0.05, 0.1) is 11.3 Å². The number of para-hydroxylation sites is 1. The van der Waals surface area contributed by atoms with Crippen LogP contribution < -0.4 is 4.90 Å². The molecule has 0 radical (unpaired) electrons. The summed E-state index contributed by atoms with van der Waals surface area (Å²) in [6, 6.07) is 43.5. The van der Waals surface area contributed by atoms with Crippen molar-refractivity contribution in [3.05, 3.63) is 167 Å². The van der Waals surface area contributed by atoms with Crippen LogP contribution in [0.4, 0.5) is 17.1 Å². The van der Waals surface area contributed by atoms with Crippen molar-refractivity contribution in [3.8, 4) is 0 Å². The molecule has 0 atom stereocenters. The lowest BCUT2D eigenvalue weighted by Gasteiger charge is -2.28. The van der Waals surface area contributed by atoms with E-state index in [9.17, 15) is 9.59 Å². The Kier molecular flexibility index (Phi) is 5.90. The summed E-state index contributed by atoms with van der Waals surface area (Å²) < 4.78 is 0. The van der Waals surface area contributed by atoms with Gasteiger partial charge in [0.25, 0.3) is 0 Å². The third-order valence-corrected chi connectivity index (χ3v) is 8.62. The highest BCUT2D eigenvalue weighted by Crippen LogP contribution is 2.40. The Morgan fingerprint density at radius 2 is 1.21 bits per heavy atom. The van der Waals surface area contributed by atoms with Gasteiger partial charge in [-0.15, -0.1) is 0 Å². The lowest BCUT2D eigenvalue weighted by molar-refractivity contribution is 0.0988. The Morgan fingerprint density at radius 3 is 1.95 bits per heavy atom. The summed E-state index contributed by atoms with van der Waals surface area (Å²) in [6.07, 6.45) is 5.54. The molecule has 0 saturated carbocycles. The van der Waals surface area contributed by atoms with Gasteiger partial charge in [0.2, 0.25) is 0 Å². The number of aryl methyl sites for hydroxylation is 1. The molecule has 3 heteroatoms. The zero-order chi connectivity index (χ0) is 28.9. The van der Waals surface area contributed by atoms with Crippen LogP contribution in [0, 0.1) is 0 Å². The van der Waals surface area contributed by atoms with Crippen LogP contribution in [-0.2, 0) is 6.42 Å². The summed E-state index contributed by atoms with van der Waals surface area (Å²) in [5, 5.41) is 4.34. The quantitative estimate of drug-likeness (QED) is 0.161. The monoisotopic (exact) mass is 553 g/mol. The van der Waals surface area contributed by atoms with Crippen LogP contribution in [0.1, 0.15) is 38.3 Å². The molecule has 8 rings (SSSR count). The van der Waals surface area contributed by atoms with E-state index in [1.807, 2.05) is 48.5 Å². The predicted molar refractivity (Wildman–Crippen MR) is 176 cm³/mol. The Balaban J connectivity index is 1.16. The van der Waals surface area contributed by atoms with Gasteiger partial charge >= 0.3 is 0 Å². The number of Topliss-reactive ketones (excluding diaryl/α,β-unsaturated/α-hetero) is 2. The summed E-state index contributed by atoms with van der Waals surface area (Å²) in [6.45, 7) is 0. The summed E-state index contributed by atoms with van der Waals surface area (Å²) in [5.41, 5.74) is 7.98. The van der Waals surface area contributed by atoms with Gasteiger partial charge in [0.15, 0.2) is 11.6 Å². The van der Waals surface area contributed by atoms with Crippen molar-refractivity contribution >= 4 is 56.2 Å². The van der Waals surface area contributed by atoms with Crippen molar-refractivity contribution in [2.45, 2.75) is 12.8 Å². The number of anilines is 3. The fourth-order valence-electron chi connectivity index (χ4n) is 6.49. The van der Waals surface area contributed by atoms with E-state index >= 15 is 0 Å². The molecule has 0 unspecified atom stereocenters. The third kappa shape index (κ3) is 4.29. The molecule has 6 aromatic carbocycles. The number of benzene rings is 6. The number of hydrogen-bond acceptors (Lipinski definition) is 3. The molecule has 0 fully saturated rings. The van der Waals surface area contributed by atoms with Gasteiger partial charge < -0.3 is 4.90 Å². The molecule has 204 valence electrons. The average Bonchev–Trinajstić information content (AvgIpc) is 3.28. The van der Waals surface area contributed by atoms with Crippen LogP contribution in [0.25, 0.3) is 27.6 Å². The maximum absolute atomic E-state index is 13.3. The number of hydrogen-bond donors (Lipinski definition) is 0. The largest absolute Gasteiger partial charge is 0.310 e. The van der Waals surface area contributed by atoms with Crippen LogP contribution in [0.2, 0.25) is 0 Å². The zero-order valence-electron chi connectivity index (χ0n) is 23.5. The van der Waals surface area contributed by atoms with E-state index in [1.54, 1.807) is 0 Å². The molecule has 6 aromatic rings. The molecule has 0 N–H and O–H groups in total.